The number of esters is 1. The van der Waals surface area contributed by atoms with Gasteiger partial charge in [0.05, 0.1) is 13.0 Å². The van der Waals surface area contributed by atoms with Gasteiger partial charge in [-0.15, -0.1) is 0 Å². The number of aromatic nitrogens is 2. The van der Waals surface area contributed by atoms with Gasteiger partial charge in [0, 0.05) is 30.3 Å². The lowest BCUT2D eigenvalue weighted by atomic mass is 10.1. The van der Waals surface area contributed by atoms with E-state index in [4.69, 9.17) is 14.0 Å². The van der Waals surface area contributed by atoms with Crippen molar-refractivity contribution in [2.45, 2.75) is 20.0 Å². The van der Waals surface area contributed by atoms with Crippen LogP contribution in [0.25, 0.3) is 11.4 Å². The topological polar surface area (TPSA) is 94.8 Å². The van der Waals surface area contributed by atoms with Crippen molar-refractivity contribution >= 4 is 17.6 Å². The van der Waals surface area contributed by atoms with E-state index in [1.807, 2.05) is 31.2 Å². The minimum absolute atomic E-state index is 0.0918. The molecule has 4 rings (SSSR count). The van der Waals surface area contributed by atoms with E-state index < -0.39 is 11.9 Å². The number of ether oxygens (including phenoxy) is 2. The zero-order valence-corrected chi connectivity index (χ0v) is 16.7. The van der Waals surface area contributed by atoms with E-state index in [0.717, 1.165) is 11.1 Å². The molecular formula is C22H21N3O5. The van der Waals surface area contributed by atoms with Crippen molar-refractivity contribution in [3.63, 3.8) is 0 Å². The molecule has 8 nitrogen and oxygen atoms in total. The van der Waals surface area contributed by atoms with Crippen molar-refractivity contribution in [1.29, 1.82) is 0 Å². The molecule has 0 bridgehead atoms. The van der Waals surface area contributed by atoms with Crippen LogP contribution in [0.15, 0.2) is 53.1 Å². The number of carbonyl (C=O) groups excluding carboxylic acids is 2. The maximum absolute atomic E-state index is 12.5. The van der Waals surface area contributed by atoms with Gasteiger partial charge in [-0.2, -0.15) is 4.98 Å². The van der Waals surface area contributed by atoms with Crippen LogP contribution in [-0.4, -0.2) is 35.7 Å². The number of rotatable bonds is 6. The molecule has 154 valence electrons. The third-order valence-electron chi connectivity index (χ3n) is 4.94. The Bertz CT molecular complexity index is 1060. The van der Waals surface area contributed by atoms with Gasteiger partial charge in [-0.3, -0.25) is 9.59 Å². The zero-order valence-electron chi connectivity index (χ0n) is 16.7. The number of anilines is 1. The third kappa shape index (κ3) is 4.17. The number of hydrogen-bond donors (Lipinski definition) is 0. The summed E-state index contributed by atoms with van der Waals surface area (Å²) in [5, 5.41) is 3.92. The Hall–Kier alpha value is -3.68. The fourth-order valence-corrected chi connectivity index (χ4v) is 3.28. The number of amides is 1. The first-order chi connectivity index (χ1) is 14.5. The number of hydrogen-bond acceptors (Lipinski definition) is 7. The number of aryl methyl sites for hydroxylation is 1. The molecule has 0 aliphatic carbocycles. The Morgan fingerprint density at radius 2 is 2.03 bits per heavy atom. The molecule has 1 aromatic heterocycles. The standard InChI is InChI=1S/C22H21N3O5/c1-14-6-8-15(9-7-14)21-23-19(30-24-21)13-29-22(27)16-10-20(26)25(12-16)17-4-3-5-18(11-17)28-2/h3-9,11,16H,10,12-13H2,1-2H3. The van der Waals surface area contributed by atoms with Crippen molar-refractivity contribution in [3.05, 3.63) is 60.0 Å². The highest BCUT2D eigenvalue weighted by molar-refractivity contribution is 5.99. The van der Waals surface area contributed by atoms with E-state index >= 15 is 0 Å². The van der Waals surface area contributed by atoms with E-state index in [9.17, 15) is 9.59 Å². The molecule has 8 heteroatoms. The van der Waals surface area contributed by atoms with Gasteiger partial charge in [-0.25, -0.2) is 0 Å². The maximum atomic E-state index is 12.5. The fraction of sp³-hybridized carbons (Fsp3) is 0.273. The van der Waals surface area contributed by atoms with E-state index in [0.29, 0.717) is 17.3 Å². The predicted molar refractivity (Wildman–Crippen MR) is 108 cm³/mol. The Labute approximate surface area is 173 Å². The number of carbonyl (C=O) groups is 2. The van der Waals surface area contributed by atoms with E-state index in [1.165, 1.54) is 0 Å². The van der Waals surface area contributed by atoms with Gasteiger partial charge in [0.15, 0.2) is 6.61 Å². The lowest BCUT2D eigenvalue weighted by molar-refractivity contribution is -0.150. The molecule has 1 atom stereocenters. The molecule has 1 fully saturated rings. The van der Waals surface area contributed by atoms with Gasteiger partial charge in [0.1, 0.15) is 5.75 Å². The molecular weight excluding hydrogens is 386 g/mol. The Morgan fingerprint density at radius 1 is 1.23 bits per heavy atom. The zero-order chi connectivity index (χ0) is 21.1. The maximum Gasteiger partial charge on any atom is 0.311 e. The van der Waals surface area contributed by atoms with Crippen molar-refractivity contribution in [2.75, 3.05) is 18.6 Å². The Kier molecular flexibility index (Phi) is 5.47. The van der Waals surface area contributed by atoms with E-state index in [2.05, 4.69) is 10.1 Å². The summed E-state index contributed by atoms with van der Waals surface area (Å²) >= 11 is 0. The SMILES string of the molecule is COc1cccc(N2CC(C(=O)OCc3nc(-c4ccc(C)cc4)no3)CC2=O)c1. The van der Waals surface area contributed by atoms with Crippen LogP contribution in [0.5, 0.6) is 5.75 Å². The molecule has 2 aromatic carbocycles. The second-order valence-corrected chi connectivity index (χ2v) is 7.09. The smallest absolute Gasteiger partial charge is 0.311 e. The van der Waals surface area contributed by atoms with Crippen LogP contribution < -0.4 is 9.64 Å². The Morgan fingerprint density at radius 3 is 2.80 bits per heavy atom. The van der Waals surface area contributed by atoms with Crippen molar-refractivity contribution in [1.82, 2.24) is 10.1 Å². The second-order valence-electron chi connectivity index (χ2n) is 7.09. The summed E-state index contributed by atoms with van der Waals surface area (Å²) in [4.78, 5) is 30.7. The summed E-state index contributed by atoms with van der Waals surface area (Å²) in [7, 11) is 1.56. The molecule has 1 saturated heterocycles. The van der Waals surface area contributed by atoms with Crippen molar-refractivity contribution < 1.29 is 23.6 Å². The monoisotopic (exact) mass is 407 g/mol. The molecule has 1 aliphatic heterocycles. The summed E-state index contributed by atoms with van der Waals surface area (Å²) < 4.78 is 15.7. The highest BCUT2D eigenvalue weighted by atomic mass is 16.6. The van der Waals surface area contributed by atoms with Crippen LogP contribution in [0.3, 0.4) is 0 Å². The van der Waals surface area contributed by atoms with Crippen LogP contribution in [-0.2, 0) is 20.9 Å². The van der Waals surface area contributed by atoms with Crippen LogP contribution in [0.2, 0.25) is 0 Å². The van der Waals surface area contributed by atoms with Gasteiger partial charge >= 0.3 is 5.97 Å². The minimum atomic E-state index is -0.553. The van der Waals surface area contributed by atoms with Crippen LogP contribution >= 0.6 is 0 Å². The predicted octanol–water partition coefficient (Wildman–Crippen LogP) is 3.15. The lowest BCUT2D eigenvalue weighted by Crippen LogP contribution is -2.26. The first kappa shape index (κ1) is 19.6. The minimum Gasteiger partial charge on any atom is -0.497 e. The molecule has 1 aliphatic rings. The van der Waals surface area contributed by atoms with Crippen LogP contribution in [0.4, 0.5) is 5.69 Å². The normalized spacial score (nSPS) is 16.0. The first-order valence-corrected chi connectivity index (χ1v) is 9.54. The average molecular weight is 407 g/mol. The molecule has 3 aromatic rings. The largest absolute Gasteiger partial charge is 0.497 e. The van der Waals surface area contributed by atoms with E-state index in [-0.39, 0.29) is 31.4 Å². The van der Waals surface area contributed by atoms with Crippen LogP contribution in [0, 0.1) is 12.8 Å². The highest BCUT2D eigenvalue weighted by Gasteiger charge is 2.36. The summed E-state index contributed by atoms with van der Waals surface area (Å²) in [5.41, 5.74) is 2.64. The van der Waals surface area contributed by atoms with Gasteiger partial charge in [0.25, 0.3) is 5.89 Å². The van der Waals surface area contributed by atoms with Crippen LogP contribution in [0.1, 0.15) is 17.9 Å². The summed E-state index contributed by atoms with van der Waals surface area (Å²) in [6.45, 7) is 2.11. The second kappa shape index (κ2) is 8.36. The average Bonchev–Trinajstić information content (AvgIpc) is 3.39. The molecule has 1 amide bonds. The quantitative estimate of drug-likeness (QED) is 0.579. The lowest BCUT2D eigenvalue weighted by Gasteiger charge is -2.17. The van der Waals surface area contributed by atoms with Gasteiger partial charge in [-0.1, -0.05) is 41.1 Å². The van der Waals surface area contributed by atoms with Gasteiger partial charge in [-0.05, 0) is 19.1 Å². The third-order valence-corrected chi connectivity index (χ3v) is 4.94. The summed E-state index contributed by atoms with van der Waals surface area (Å²) in [5.74, 6) is 0.123. The molecule has 30 heavy (non-hydrogen) atoms. The summed E-state index contributed by atoms with van der Waals surface area (Å²) in [6, 6.07) is 14.9. The molecule has 0 spiro atoms. The molecule has 0 N–H and O–H groups in total. The molecule has 2 heterocycles. The number of methoxy groups -OCH3 is 1. The molecule has 1 unspecified atom stereocenters. The number of nitrogens with zero attached hydrogens (tertiary/aromatic N) is 3. The molecule has 0 radical (unpaired) electrons. The van der Waals surface area contributed by atoms with Gasteiger partial charge in [0.2, 0.25) is 11.7 Å². The fourth-order valence-electron chi connectivity index (χ4n) is 3.28. The van der Waals surface area contributed by atoms with Gasteiger partial charge < -0.3 is 18.9 Å². The Balaban J connectivity index is 1.35. The summed E-state index contributed by atoms with van der Waals surface area (Å²) in [6.07, 6.45) is 0.0918. The highest BCUT2D eigenvalue weighted by Crippen LogP contribution is 2.28. The van der Waals surface area contributed by atoms with Crippen molar-refractivity contribution in [2.24, 2.45) is 5.92 Å². The first-order valence-electron chi connectivity index (χ1n) is 9.54. The molecule has 0 saturated carbocycles. The number of benzene rings is 2. The van der Waals surface area contributed by atoms with Crippen molar-refractivity contribution in [3.8, 4) is 17.1 Å². The van der Waals surface area contributed by atoms with E-state index in [1.54, 1.807) is 36.3 Å².